The van der Waals surface area contributed by atoms with E-state index in [-0.39, 0.29) is 36.2 Å². The van der Waals surface area contributed by atoms with Crippen molar-refractivity contribution < 1.29 is 38.2 Å². The Morgan fingerprint density at radius 1 is 0.574 bits per heavy atom. The first-order valence-electron chi connectivity index (χ1n) is 20.7. The lowest BCUT2D eigenvalue weighted by molar-refractivity contribution is -0.887. The van der Waals surface area contributed by atoms with E-state index in [1.165, 1.54) is 38.5 Å². The van der Waals surface area contributed by atoms with Crippen molar-refractivity contribution in [1.29, 1.82) is 0 Å². The summed E-state index contributed by atoms with van der Waals surface area (Å²) in [6.07, 6.45) is 46.2. The number of carbonyl (C=O) groups excluding carboxylic acids is 2. The standard InChI is InChI=1S/C46H75NO7/c1-6-8-10-12-14-16-18-20-21-22-23-25-26-28-30-32-34-36-44(48)53-41-42(40-52-39-38-43(46(50)51)47(3,4)5)54-45(49)37-35-33-31-29-27-24-19-17-15-13-11-9-7-2/h8,10,12,14,16,18,20-27,42-43H,6-7,9,11,13,15,17,19,28-41H2,1-5H3/p+1/b10-8+,14-12+,18-16+,21-20+,23-22+,26-25+,27-24+. The fraction of sp³-hybridized carbons (Fsp3) is 0.630. The van der Waals surface area contributed by atoms with Crippen molar-refractivity contribution in [3.8, 4) is 0 Å². The van der Waals surface area contributed by atoms with Crippen molar-refractivity contribution in [3.05, 3.63) is 85.1 Å². The van der Waals surface area contributed by atoms with Gasteiger partial charge >= 0.3 is 17.9 Å². The maximum absolute atomic E-state index is 12.7. The average molecular weight is 755 g/mol. The minimum absolute atomic E-state index is 0.0352. The number of aliphatic carboxylic acids is 1. The third-order valence-corrected chi connectivity index (χ3v) is 8.69. The van der Waals surface area contributed by atoms with Gasteiger partial charge < -0.3 is 23.8 Å². The van der Waals surface area contributed by atoms with E-state index in [0.29, 0.717) is 19.3 Å². The molecule has 0 saturated heterocycles. The number of carboxylic acid groups (broad SMARTS) is 1. The van der Waals surface area contributed by atoms with Gasteiger partial charge in [-0.1, -0.05) is 144 Å². The zero-order chi connectivity index (χ0) is 40.0. The Hall–Kier alpha value is -3.49. The average Bonchev–Trinajstić information content (AvgIpc) is 3.12. The van der Waals surface area contributed by atoms with Crippen molar-refractivity contribution in [1.82, 2.24) is 0 Å². The molecule has 0 aliphatic rings. The monoisotopic (exact) mass is 755 g/mol. The molecule has 0 aromatic heterocycles. The Morgan fingerprint density at radius 3 is 1.59 bits per heavy atom. The van der Waals surface area contributed by atoms with Crippen molar-refractivity contribution in [2.75, 3.05) is 41.0 Å². The lowest BCUT2D eigenvalue weighted by Gasteiger charge is -2.31. The normalized spacial score (nSPS) is 13.9. The number of allylic oxidation sites excluding steroid dienone is 14. The molecule has 2 atom stereocenters. The molecule has 0 radical (unpaired) electrons. The number of nitrogens with zero attached hydrogens (tertiary/aromatic N) is 1. The van der Waals surface area contributed by atoms with Gasteiger partial charge in [-0.3, -0.25) is 9.59 Å². The second-order valence-electron chi connectivity index (χ2n) is 14.7. The first-order valence-corrected chi connectivity index (χ1v) is 20.7. The molecule has 0 fully saturated rings. The molecule has 2 unspecified atom stereocenters. The number of carbonyl (C=O) groups is 3. The Balaban J connectivity index is 4.52. The van der Waals surface area contributed by atoms with E-state index < -0.39 is 18.1 Å². The Kier molecular flexibility index (Phi) is 34.1. The van der Waals surface area contributed by atoms with Crippen LogP contribution >= 0.6 is 0 Å². The predicted octanol–water partition coefficient (Wildman–Crippen LogP) is 11.0. The zero-order valence-corrected chi connectivity index (χ0v) is 34.6. The van der Waals surface area contributed by atoms with Crippen molar-refractivity contribution in [2.45, 2.75) is 148 Å². The van der Waals surface area contributed by atoms with Gasteiger partial charge in [0.15, 0.2) is 12.1 Å². The van der Waals surface area contributed by atoms with Gasteiger partial charge in [-0.25, -0.2) is 4.79 Å². The molecular formula is C46H76NO7+. The van der Waals surface area contributed by atoms with Crippen LogP contribution in [0, 0.1) is 0 Å². The van der Waals surface area contributed by atoms with Crippen LogP contribution < -0.4 is 0 Å². The summed E-state index contributed by atoms with van der Waals surface area (Å²) < 4.78 is 17.2. The van der Waals surface area contributed by atoms with E-state index >= 15 is 0 Å². The molecule has 0 aromatic carbocycles. The highest BCUT2D eigenvalue weighted by molar-refractivity contribution is 5.72. The van der Waals surface area contributed by atoms with Crippen molar-refractivity contribution >= 4 is 17.9 Å². The summed E-state index contributed by atoms with van der Waals surface area (Å²) >= 11 is 0. The van der Waals surface area contributed by atoms with Crippen LogP contribution in [0.5, 0.6) is 0 Å². The van der Waals surface area contributed by atoms with Gasteiger partial charge in [-0.2, -0.15) is 0 Å². The molecular weight excluding hydrogens is 679 g/mol. The Bertz CT molecular complexity index is 1160. The van der Waals surface area contributed by atoms with Crippen LogP contribution in [0.3, 0.4) is 0 Å². The van der Waals surface area contributed by atoms with Gasteiger partial charge in [0.1, 0.15) is 6.61 Å². The smallest absolute Gasteiger partial charge is 0.362 e. The molecule has 8 nitrogen and oxygen atoms in total. The third-order valence-electron chi connectivity index (χ3n) is 8.69. The first kappa shape index (κ1) is 50.5. The second kappa shape index (κ2) is 36.5. The summed E-state index contributed by atoms with van der Waals surface area (Å²) in [5, 5.41) is 9.60. The molecule has 0 saturated carbocycles. The van der Waals surface area contributed by atoms with E-state index in [2.05, 4.69) is 38.2 Å². The number of esters is 2. The summed E-state index contributed by atoms with van der Waals surface area (Å²) in [7, 11) is 5.49. The van der Waals surface area contributed by atoms with E-state index in [1.807, 2.05) is 81.9 Å². The topological polar surface area (TPSA) is 99.1 Å². The molecule has 306 valence electrons. The van der Waals surface area contributed by atoms with Gasteiger partial charge in [0, 0.05) is 19.3 Å². The van der Waals surface area contributed by atoms with Crippen LogP contribution in [0.2, 0.25) is 0 Å². The largest absolute Gasteiger partial charge is 0.477 e. The minimum atomic E-state index is -0.888. The van der Waals surface area contributed by atoms with E-state index in [1.54, 1.807) is 0 Å². The SMILES string of the molecule is CC/C=C/C=C/C=C/C=C/C=C/C=C/CCCCCC(=O)OCC(COCCC(C(=O)O)[N+](C)(C)C)OC(=O)CCCCC/C=C/CCCCCCCC. The van der Waals surface area contributed by atoms with Crippen LogP contribution in [0.15, 0.2) is 85.1 Å². The number of hydrogen-bond donors (Lipinski definition) is 1. The third kappa shape index (κ3) is 34.3. The summed E-state index contributed by atoms with van der Waals surface area (Å²) in [5.41, 5.74) is 0. The second-order valence-corrected chi connectivity index (χ2v) is 14.7. The zero-order valence-electron chi connectivity index (χ0n) is 34.6. The predicted molar refractivity (Wildman–Crippen MR) is 224 cm³/mol. The molecule has 0 aliphatic carbocycles. The van der Waals surface area contributed by atoms with Gasteiger partial charge in [-0.15, -0.1) is 0 Å². The highest BCUT2D eigenvalue weighted by Gasteiger charge is 2.31. The summed E-state index contributed by atoms with van der Waals surface area (Å²) in [4.78, 5) is 36.9. The van der Waals surface area contributed by atoms with Crippen molar-refractivity contribution in [2.24, 2.45) is 0 Å². The van der Waals surface area contributed by atoms with Crippen LogP contribution in [-0.2, 0) is 28.6 Å². The van der Waals surface area contributed by atoms with Crippen LogP contribution in [-0.4, -0.2) is 80.6 Å². The summed E-state index contributed by atoms with van der Waals surface area (Å²) in [5.74, 6) is -1.56. The number of rotatable bonds is 35. The highest BCUT2D eigenvalue weighted by atomic mass is 16.6. The van der Waals surface area contributed by atoms with Gasteiger partial charge in [0.05, 0.1) is 34.4 Å². The number of quaternary nitrogens is 1. The summed E-state index contributed by atoms with van der Waals surface area (Å²) in [6.45, 7) is 4.49. The quantitative estimate of drug-likeness (QED) is 0.0226. The Morgan fingerprint density at radius 2 is 1.06 bits per heavy atom. The molecule has 0 heterocycles. The van der Waals surface area contributed by atoms with Crippen LogP contribution in [0.4, 0.5) is 0 Å². The lowest BCUT2D eigenvalue weighted by Crippen LogP contribution is -2.50. The number of unbranched alkanes of at least 4 members (excludes halogenated alkanes) is 12. The molecule has 8 heteroatoms. The van der Waals surface area contributed by atoms with E-state index in [0.717, 1.165) is 64.2 Å². The number of carboxylic acids is 1. The maximum Gasteiger partial charge on any atom is 0.362 e. The molecule has 54 heavy (non-hydrogen) atoms. The molecule has 1 N–H and O–H groups in total. The molecule has 0 rings (SSSR count). The van der Waals surface area contributed by atoms with Crippen LogP contribution in [0.25, 0.3) is 0 Å². The fourth-order valence-electron chi connectivity index (χ4n) is 5.47. The molecule has 0 aromatic rings. The first-order chi connectivity index (χ1) is 26.1. The molecule has 0 aliphatic heterocycles. The number of hydrogen-bond acceptors (Lipinski definition) is 6. The van der Waals surface area contributed by atoms with Crippen molar-refractivity contribution in [3.63, 3.8) is 0 Å². The van der Waals surface area contributed by atoms with Gasteiger partial charge in [0.25, 0.3) is 0 Å². The molecule has 0 amide bonds. The molecule has 0 bridgehead atoms. The summed E-state index contributed by atoms with van der Waals surface area (Å²) in [6, 6.07) is -0.628. The number of likely N-dealkylation sites (N-methyl/N-ethyl adjacent to an activating group) is 1. The van der Waals surface area contributed by atoms with Gasteiger partial charge in [-0.05, 0) is 57.8 Å². The molecule has 0 spiro atoms. The fourth-order valence-corrected chi connectivity index (χ4v) is 5.47. The Labute approximate surface area is 329 Å². The van der Waals surface area contributed by atoms with Gasteiger partial charge in [0.2, 0.25) is 0 Å². The number of ether oxygens (including phenoxy) is 3. The lowest BCUT2D eigenvalue weighted by atomic mass is 10.1. The van der Waals surface area contributed by atoms with E-state index in [4.69, 9.17) is 14.2 Å². The maximum atomic E-state index is 12.7. The van der Waals surface area contributed by atoms with Crippen LogP contribution in [0.1, 0.15) is 136 Å². The highest BCUT2D eigenvalue weighted by Crippen LogP contribution is 2.12. The van der Waals surface area contributed by atoms with E-state index in [9.17, 15) is 19.5 Å². The minimum Gasteiger partial charge on any atom is -0.477 e.